The van der Waals surface area contributed by atoms with Crippen LogP contribution in [-0.2, 0) is 0 Å². The number of aryl methyl sites for hydroxylation is 2. The van der Waals surface area contributed by atoms with E-state index in [4.69, 9.17) is 0 Å². The fraction of sp³-hybridized carbons (Fsp3) is 0.0800. The van der Waals surface area contributed by atoms with Crippen LogP contribution < -0.4 is 5.32 Å². The number of benzene rings is 3. The number of nitrogens with one attached hydrogen (secondary N) is 2. The topological polar surface area (TPSA) is 51.6 Å². The normalized spacial score (nSPS) is 11.0. The van der Waals surface area contributed by atoms with Crippen molar-refractivity contribution in [1.82, 2.24) is 4.98 Å². The molecule has 0 radical (unpaired) electrons. The number of nitrogens with zero attached hydrogens (tertiary/aromatic N) is 1. The van der Waals surface area contributed by atoms with Crippen LogP contribution in [0.15, 0.2) is 66.9 Å². The number of para-hydroxylation sites is 1. The van der Waals surface area contributed by atoms with Crippen LogP contribution in [-0.4, -0.2) is 4.98 Å². The number of H-pyrrole nitrogens is 1. The first-order chi connectivity index (χ1) is 13.7. The van der Waals surface area contributed by atoms with Gasteiger partial charge >= 0.3 is 0 Å². The van der Waals surface area contributed by atoms with Gasteiger partial charge in [0.25, 0.3) is 0 Å². The van der Waals surface area contributed by atoms with Crippen LogP contribution in [0.1, 0.15) is 27.8 Å². The Morgan fingerprint density at radius 1 is 0.893 bits per heavy atom. The zero-order valence-corrected chi connectivity index (χ0v) is 16.0. The van der Waals surface area contributed by atoms with Crippen LogP contribution in [0.2, 0.25) is 0 Å². The Morgan fingerprint density at radius 3 is 2.50 bits per heavy atom. The molecule has 0 amide bonds. The highest BCUT2D eigenvalue weighted by Crippen LogP contribution is 2.31. The molecule has 136 valence electrons. The smallest absolute Gasteiger partial charge is 0.101 e. The average molecular weight is 363 g/mol. The van der Waals surface area contributed by atoms with Crippen LogP contribution in [0.5, 0.6) is 0 Å². The highest BCUT2D eigenvalue weighted by molar-refractivity contribution is 5.90. The van der Waals surface area contributed by atoms with Crippen LogP contribution >= 0.6 is 0 Å². The summed E-state index contributed by atoms with van der Waals surface area (Å²) in [5.74, 6) is 0. The number of rotatable bonds is 4. The van der Waals surface area contributed by atoms with Crippen LogP contribution in [0.25, 0.3) is 23.1 Å². The predicted octanol–water partition coefficient (Wildman–Crippen LogP) is 6.57. The fourth-order valence-electron chi connectivity index (χ4n) is 3.45. The Balaban J connectivity index is 1.76. The number of fused-ring (bicyclic) bond motifs is 1. The molecule has 0 saturated carbocycles. The van der Waals surface area contributed by atoms with Crippen molar-refractivity contribution in [2.45, 2.75) is 13.8 Å². The van der Waals surface area contributed by atoms with E-state index in [-0.39, 0.29) is 0 Å². The van der Waals surface area contributed by atoms with Crippen LogP contribution in [0, 0.1) is 25.2 Å². The Morgan fingerprint density at radius 2 is 1.68 bits per heavy atom. The van der Waals surface area contributed by atoms with Gasteiger partial charge in [-0.3, -0.25) is 0 Å². The summed E-state index contributed by atoms with van der Waals surface area (Å²) in [6.45, 7) is 4.19. The minimum Gasteiger partial charge on any atom is -0.361 e. The molecule has 4 aromatic rings. The van der Waals surface area contributed by atoms with E-state index in [0.29, 0.717) is 5.56 Å². The lowest BCUT2D eigenvalue weighted by atomic mass is 10.0. The highest BCUT2D eigenvalue weighted by atomic mass is 14.9. The van der Waals surface area contributed by atoms with Crippen molar-refractivity contribution in [2.24, 2.45) is 0 Å². The van der Waals surface area contributed by atoms with Gasteiger partial charge in [-0.15, -0.1) is 0 Å². The molecular weight excluding hydrogens is 342 g/mol. The molecule has 0 bridgehead atoms. The first-order valence-corrected chi connectivity index (χ1v) is 9.28. The van der Waals surface area contributed by atoms with E-state index in [1.807, 2.05) is 36.5 Å². The monoisotopic (exact) mass is 363 g/mol. The molecule has 1 heterocycles. The van der Waals surface area contributed by atoms with Crippen molar-refractivity contribution < 1.29 is 0 Å². The Labute approximate surface area is 165 Å². The van der Waals surface area contributed by atoms with Gasteiger partial charge in [-0.25, -0.2) is 0 Å². The average Bonchev–Trinajstić information content (AvgIpc) is 3.20. The maximum atomic E-state index is 9.64. The summed E-state index contributed by atoms with van der Waals surface area (Å²) in [5, 5.41) is 14.3. The molecule has 28 heavy (non-hydrogen) atoms. The van der Waals surface area contributed by atoms with Crippen molar-refractivity contribution in [3.8, 4) is 6.07 Å². The standard InChI is InChI=1S/C25H21N3/c1-17-6-3-4-7-19(17)10-11-20-8-5-9-21(16-26)25(20)28-23-12-13-24-22(18(23)2)14-15-27-24/h3-15,27-28H,1-2H3/b11-10+. The molecule has 0 aliphatic carbocycles. The maximum absolute atomic E-state index is 9.64. The lowest BCUT2D eigenvalue weighted by Gasteiger charge is -2.14. The third-order valence-corrected chi connectivity index (χ3v) is 5.11. The third kappa shape index (κ3) is 3.28. The molecule has 0 saturated heterocycles. The number of aromatic nitrogens is 1. The molecule has 1 aromatic heterocycles. The second-order valence-corrected chi connectivity index (χ2v) is 6.87. The van der Waals surface area contributed by atoms with Gasteiger partial charge in [0.2, 0.25) is 0 Å². The molecule has 3 nitrogen and oxygen atoms in total. The number of hydrogen-bond acceptors (Lipinski definition) is 2. The van der Waals surface area contributed by atoms with Crippen LogP contribution in [0.4, 0.5) is 11.4 Å². The minimum atomic E-state index is 0.625. The zero-order chi connectivity index (χ0) is 19.5. The number of nitriles is 1. The molecule has 0 atom stereocenters. The summed E-state index contributed by atoms with van der Waals surface area (Å²) in [7, 11) is 0. The van der Waals surface area contributed by atoms with Gasteiger partial charge in [0.05, 0.1) is 11.3 Å². The first kappa shape index (κ1) is 17.6. The van der Waals surface area contributed by atoms with E-state index in [2.05, 4.69) is 72.7 Å². The van der Waals surface area contributed by atoms with Crippen molar-refractivity contribution in [3.05, 3.63) is 94.7 Å². The summed E-state index contributed by atoms with van der Waals surface area (Å²) < 4.78 is 0. The molecule has 2 N–H and O–H groups in total. The largest absolute Gasteiger partial charge is 0.361 e. The minimum absolute atomic E-state index is 0.625. The van der Waals surface area contributed by atoms with Gasteiger partial charge < -0.3 is 10.3 Å². The SMILES string of the molecule is Cc1ccccc1/C=C/c1cccc(C#N)c1Nc1ccc2[nH]ccc2c1C. The summed E-state index contributed by atoms with van der Waals surface area (Å²) in [4.78, 5) is 3.24. The summed E-state index contributed by atoms with van der Waals surface area (Å²) in [5.41, 5.74) is 8.08. The van der Waals surface area contributed by atoms with Crippen molar-refractivity contribution >= 4 is 34.4 Å². The molecule has 4 rings (SSSR count). The van der Waals surface area contributed by atoms with Gasteiger partial charge in [0.15, 0.2) is 0 Å². The summed E-state index contributed by atoms with van der Waals surface area (Å²) >= 11 is 0. The molecule has 3 heteroatoms. The summed E-state index contributed by atoms with van der Waals surface area (Å²) in [6, 6.07) is 22.6. The Bertz CT molecular complexity index is 1220. The van der Waals surface area contributed by atoms with Crippen LogP contribution in [0.3, 0.4) is 0 Å². The third-order valence-electron chi connectivity index (χ3n) is 5.11. The van der Waals surface area contributed by atoms with Crippen molar-refractivity contribution in [3.63, 3.8) is 0 Å². The number of hydrogen-bond donors (Lipinski definition) is 2. The van der Waals surface area contributed by atoms with E-state index >= 15 is 0 Å². The molecule has 0 unspecified atom stereocenters. The van der Waals surface area contributed by atoms with Gasteiger partial charge in [-0.05, 0) is 60.4 Å². The predicted molar refractivity (Wildman–Crippen MR) is 118 cm³/mol. The first-order valence-electron chi connectivity index (χ1n) is 9.28. The lowest BCUT2D eigenvalue weighted by molar-refractivity contribution is 1.42. The molecule has 0 aliphatic rings. The van der Waals surface area contributed by atoms with E-state index in [1.54, 1.807) is 0 Å². The van der Waals surface area contributed by atoms with Crippen molar-refractivity contribution in [2.75, 3.05) is 5.32 Å². The maximum Gasteiger partial charge on any atom is 0.101 e. The quantitative estimate of drug-likeness (QED) is 0.403. The van der Waals surface area contributed by atoms with E-state index < -0.39 is 0 Å². The van der Waals surface area contributed by atoms with E-state index in [1.165, 1.54) is 16.5 Å². The second kappa shape index (κ2) is 7.46. The molecule has 0 fully saturated rings. The summed E-state index contributed by atoms with van der Waals surface area (Å²) in [6.07, 6.45) is 6.11. The molecular formula is C25H21N3. The van der Waals surface area contributed by atoms with Gasteiger partial charge in [-0.2, -0.15) is 5.26 Å². The van der Waals surface area contributed by atoms with Gasteiger partial charge in [-0.1, -0.05) is 48.6 Å². The second-order valence-electron chi connectivity index (χ2n) is 6.87. The Kier molecular flexibility index (Phi) is 4.70. The Hall–Kier alpha value is -3.77. The van der Waals surface area contributed by atoms with E-state index in [9.17, 15) is 5.26 Å². The van der Waals surface area contributed by atoms with Gasteiger partial charge in [0.1, 0.15) is 6.07 Å². The van der Waals surface area contributed by atoms with Gasteiger partial charge in [0, 0.05) is 22.8 Å². The zero-order valence-electron chi connectivity index (χ0n) is 16.0. The number of anilines is 2. The molecule has 3 aromatic carbocycles. The molecule has 0 spiro atoms. The lowest BCUT2D eigenvalue weighted by Crippen LogP contribution is -1.98. The molecule has 0 aliphatic heterocycles. The highest BCUT2D eigenvalue weighted by Gasteiger charge is 2.10. The number of aromatic amines is 1. The fourth-order valence-corrected chi connectivity index (χ4v) is 3.45. The van der Waals surface area contributed by atoms with Crippen molar-refractivity contribution in [1.29, 1.82) is 5.26 Å². The van der Waals surface area contributed by atoms with E-state index in [0.717, 1.165) is 28.0 Å².